The topological polar surface area (TPSA) is 38.3 Å². The lowest BCUT2D eigenvalue weighted by Gasteiger charge is -2.08. The third-order valence-corrected chi connectivity index (χ3v) is 3.55. The summed E-state index contributed by atoms with van der Waals surface area (Å²) < 4.78 is 5.09. The Balaban J connectivity index is 2.07. The number of hydrogen-bond acceptors (Lipinski definition) is 2. The summed E-state index contributed by atoms with van der Waals surface area (Å²) in [5.74, 6) is 0.898. The monoisotopic (exact) mass is 329 g/mol. The predicted octanol–water partition coefficient (Wildman–Crippen LogP) is 5.27. The molecule has 0 unspecified atom stereocenters. The molecule has 1 N–H and O–H groups in total. The van der Waals surface area contributed by atoms with Crippen molar-refractivity contribution in [2.75, 3.05) is 12.4 Å². The van der Waals surface area contributed by atoms with Gasteiger partial charge in [-0.25, -0.2) is 0 Å². The standard InChI is InChI=1S/C19H20ClNO2/c1-13(2)4-5-14-6-8-15(9-7-14)19(22)21-16-10-11-18(23-3)17(20)12-16/h4-13H,1-3H3,(H,21,22). The third kappa shape index (κ3) is 4.86. The summed E-state index contributed by atoms with van der Waals surface area (Å²) in [6.45, 7) is 4.25. The third-order valence-electron chi connectivity index (χ3n) is 3.26. The summed E-state index contributed by atoms with van der Waals surface area (Å²) in [5, 5.41) is 3.28. The number of rotatable bonds is 5. The maximum absolute atomic E-state index is 12.3. The number of allylic oxidation sites excluding steroid dienone is 1. The second-order valence-corrected chi connectivity index (χ2v) is 5.94. The molecule has 3 nitrogen and oxygen atoms in total. The number of amides is 1. The minimum Gasteiger partial charge on any atom is -0.495 e. The first-order chi connectivity index (χ1) is 11.0. The van der Waals surface area contributed by atoms with Gasteiger partial charge < -0.3 is 10.1 Å². The molecule has 0 saturated carbocycles. The number of carbonyl (C=O) groups is 1. The van der Waals surface area contributed by atoms with Crippen molar-refractivity contribution >= 4 is 29.3 Å². The van der Waals surface area contributed by atoms with Gasteiger partial charge in [-0.05, 0) is 41.8 Å². The molecular formula is C19H20ClNO2. The molecule has 2 aromatic carbocycles. The van der Waals surface area contributed by atoms with Crippen LogP contribution in [-0.2, 0) is 0 Å². The number of nitrogens with one attached hydrogen (secondary N) is 1. The van der Waals surface area contributed by atoms with Gasteiger partial charge in [0.2, 0.25) is 0 Å². The number of methoxy groups -OCH3 is 1. The van der Waals surface area contributed by atoms with Crippen LogP contribution >= 0.6 is 11.6 Å². The van der Waals surface area contributed by atoms with Crippen molar-refractivity contribution in [2.45, 2.75) is 13.8 Å². The molecule has 2 aromatic rings. The van der Waals surface area contributed by atoms with E-state index in [2.05, 4.69) is 31.3 Å². The molecule has 0 radical (unpaired) electrons. The fourth-order valence-corrected chi connectivity index (χ4v) is 2.25. The Morgan fingerprint density at radius 3 is 2.43 bits per heavy atom. The van der Waals surface area contributed by atoms with Crippen LogP contribution < -0.4 is 10.1 Å². The van der Waals surface area contributed by atoms with E-state index < -0.39 is 0 Å². The number of halogens is 1. The maximum atomic E-state index is 12.3. The fraction of sp³-hybridized carbons (Fsp3) is 0.211. The average Bonchev–Trinajstić information content (AvgIpc) is 2.53. The van der Waals surface area contributed by atoms with Gasteiger partial charge in [0.05, 0.1) is 12.1 Å². The van der Waals surface area contributed by atoms with Gasteiger partial charge in [0.25, 0.3) is 5.91 Å². The van der Waals surface area contributed by atoms with Gasteiger partial charge >= 0.3 is 0 Å². The molecule has 0 aliphatic rings. The van der Waals surface area contributed by atoms with E-state index in [0.717, 1.165) is 5.56 Å². The van der Waals surface area contributed by atoms with Gasteiger partial charge in [-0.3, -0.25) is 4.79 Å². The van der Waals surface area contributed by atoms with Crippen molar-refractivity contribution < 1.29 is 9.53 Å². The molecule has 1 amide bonds. The Kier molecular flexibility index (Phi) is 5.83. The van der Waals surface area contributed by atoms with Crippen LogP contribution in [0.3, 0.4) is 0 Å². The molecule has 120 valence electrons. The average molecular weight is 330 g/mol. The first-order valence-corrected chi connectivity index (χ1v) is 7.80. The molecular weight excluding hydrogens is 310 g/mol. The Morgan fingerprint density at radius 1 is 1.17 bits per heavy atom. The Morgan fingerprint density at radius 2 is 1.87 bits per heavy atom. The second kappa shape index (κ2) is 7.84. The molecule has 0 saturated heterocycles. The van der Waals surface area contributed by atoms with Crippen LogP contribution in [0.15, 0.2) is 48.5 Å². The summed E-state index contributed by atoms with van der Waals surface area (Å²) in [4.78, 5) is 12.3. The summed E-state index contributed by atoms with van der Waals surface area (Å²) in [6.07, 6.45) is 4.17. The zero-order chi connectivity index (χ0) is 16.8. The van der Waals surface area contributed by atoms with Crippen LogP contribution in [0.2, 0.25) is 5.02 Å². The summed E-state index contributed by atoms with van der Waals surface area (Å²) in [6, 6.07) is 12.6. The van der Waals surface area contributed by atoms with E-state index in [-0.39, 0.29) is 5.91 Å². The number of ether oxygens (including phenoxy) is 1. The molecule has 0 bridgehead atoms. The highest BCUT2D eigenvalue weighted by atomic mass is 35.5. The van der Waals surface area contributed by atoms with Crippen LogP contribution in [0, 0.1) is 5.92 Å². The van der Waals surface area contributed by atoms with Crippen LogP contribution in [0.4, 0.5) is 5.69 Å². The highest BCUT2D eigenvalue weighted by molar-refractivity contribution is 6.32. The van der Waals surface area contributed by atoms with Gasteiger partial charge in [-0.15, -0.1) is 0 Å². The van der Waals surface area contributed by atoms with Crippen molar-refractivity contribution in [1.82, 2.24) is 0 Å². The number of carbonyl (C=O) groups excluding carboxylic acids is 1. The lowest BCUT2D eigenvalue weighted by Crippen LogP contribution is -2.11. The van der Waals surface area contributed by atoms with E-state index in [1.54, 1.807) is 37.4 Å². The number of anilines is 1. The van der Waals surface area contributed by atoms with Crippen molar-refractivity contribution in [3.63, 3.8) is 0 Å². The van der Waals surface area contributed by atoms with E-state index in [1.807, 2.05) is 12.1 Å². The Hall–Kier alpha value is -2.26. The van der Waals surface area contributed by atoms with Crippen molar-refractivity contribution in [1.29, 1.82) is 0 Å². The molecule has 0 atom stereocenters. The molecule has 0 heterocycles. The second-order valence-electron chi connectivity index (χ2n) is 5.53. The SMILES string of the molecule is COc1ccc(NC(=O)c2ccc(C=CC(C)C)cc2)cc1Cl. The first kappa shape index (κ1) is 17.1. The number of benzene rings is 2. The van der Waals surface area contributed by atoms with E-state index in [0.29, 0.717) is 27.9 Å². The summed E-state index contributed by atoms with van der Waals surface area (Å²) >= 11 is 6.06. The van der Waals surface area contributed by atoms with E-state index in [9.17, 15) is 4.79 Å². The normalized spacial score (nSPS) is 11.0. The van der Waals surface area contributed by atoms with Crippen LogP contribution in [-0.4, -0.2) is 13.0 Å². The van der Waals surface area contributed by atoms with Crippen LogP contribution in [0.5, 0.6) is 5.75 Å². The summed E-state index contributed by atoms with van der Waals surface area (Å²) in [5.41, 5.74) is 2.30. The first-order valence-electron chi connectivity index (χ1n) is 7.42. The highest BCUT2D eigenvalue weighted by Crippen LogP contribution is 2.27. The smallest absolute Gasteiger partial charge is 0.255 e. The van der Waals surface area contributed by atoms with Gasteiger partial charge in [0, 0.05) is 11.3 Å². The highest BCUT2D eigenvalue weighted by Gasteiger charge is 2.08. The van der Waals surface area contributed by atoms with E-state index in [1.165, 1.54) is 0 Å². The zero-order valence-corrected chi connectivity index (χ0v) is 14.2. The Bertz CT molecular complexity index is 706. The molecule has 0 aliphatic carbocycles. The largest absolute Gasteiger partial charge is 0.495 e. The van der Waals surface area contributed by atoms with Gasteiger partial charge in [-0.1, -0.05) is 49.7 Å². The molecule has 0 fully saturated rings. The van der Waals surface area contributed by atoms with Gasteiger partial charge in [0.1, 0.15) is 5.75 Å². The minimum absolute atomic E-state index is 0.175. The van der Waals surface area contributed by atoms with Crippen molar-refractivity contribution in [3.8, 4) is 5.75 Å². The van der Waals surface area contributed by atoms with E-state index in [4.69, 9.17) is 16.3 Å². The predicted molar refractivity (Wildman–Crippen MR) is 96.3 cm³/mol. The molecule has 23 heavy (non-hydrogen) atoms. The van der Waals surface area contributed by atoms with Crippen molar-refractivity contribution in [2.24, 2.45) is 5.92 Å². The van der Waals surface area contributed by atoms with Crippen molar-refractivity contribution in [3.05, 3.63) is 64.7 Å². The van der Waals surface area contributed by atoms with Crippen LogP contribution in [0.25, 0.3) is 6.08 Å². The molecule has 0 aromatic heterocycles. The lowest BCUT2D eigenvalue weighted by molar-refractivity contribution is 0.102. The fourth-order valence-electron chi connectivity index (χ4n) is 2.00. The maximum Gasteiger partial charge on any atom is 0.255 e. The Labute approximate surface area is 141 Å². The van der Waals surface area contributed by atoms with Gasteiger partial charge in [-0.2, -0.15) is 0 Å². The number of hydrogen-bond donors (Lipinski definition) is 1. The quantitative estimate of drug-likeness (QED) is 0.811. The van der Waals surface area contributed by atoms with Crippen LogP contribution in [0.1, 0.15) is 29.8 Å². The molecule has 4 heteroatoms. The molecule has 0 aliphatic heterocycles. The minimum atomic E-state index is -0.175. The molecule has 2 rings (SSSR count). The zero-order valence-electron chi connectivity index (χ0n) is 13.5. The van der Waals surface area contributed by atoms with Gasteiger partial charge in [0.15, 0.2) is 0 Å². The van der Waals surface area contributed by atoms with E-state index >= 15 is 0 Å². The molecule has 0 spiro atoms. The summed E-state index contributed by atoms with van der Waals surface area (Å²) in [7, 11) is 1.55. The lowest BCUT2D eigenvalue weighted by atomic mass is 10.1.